The van der Waals surface area contributed by atoms with Gasteiger partial charge in [0.1, 0.15) is 0 Å². The number of fused-ring (bicyclic) bond motifs is 1. The molecular weight excluding hydrogens is 409 g/mol. The Morgan fingerprint density at radius 3 is 1.59 bits per heavy atom. The molecule has 0 aromatic heterocycles. The Balaban J connectivity index is 0.00000144. The Hall–Kier alpha value is -1.42. The van der Waals surface area contributed by atoms with Crippen molar-refractivity contribution < 1.29 is 47.5 Å². The molecule has 0 heterocycles. The molecule has 2 rings (SSSR count). The van der Waals surface area contributed by atoms with Gasteiger partial charge in [-0.05, 0) is 17.5 Å². The van der Waals surface area contributed by atoms with Crippen molar-refractivity contribution in [1.82, 2.24) is 0 Å². The smallest absolute Gasteiger partial charge is 0.336 e. The standard InChI is InChI=1S/C12H8O4.Hg/c13-11(14)8-5-1-3-7-4-2-6-9(10(7)8)12(15)16;/h1-6H,(H,13,14)(H,15,16);. The molecule has 0 atom stereocenters. The Kier molecular flexibility index (Phi) is 4.23. The summed E-state index contributed by atoms with van der Waals surface area (Å²) in [6.45, 7) is 0. The largest absolute Gasteiger partial charge is 0.478 e. The van der Waals surface area contributed by atoms with Crippen LogP contribution in [0.25, 0.3) is 10.8 Å². The first-order valence-corrected chi connectivity index (χ1v) is 4.59. The Bertz CT molecular complexity index is 543. The van der Waals surface area contributed by atoms with Gasteiger partial charge in [-0.1, -0.05) is 24.3 Å². The maximum absolute atomic E-state index is 11.0. The van der Waals surface area contributed by atoms with Crippen molar-refractivity contribution in [3.63, 3.8) is 0 Å². The van der Waals surface area contributed by atoms with Crippen LogP contribution in [-0.4, -0.2) is 22.2 Å². The zero-order chi connectivity index (χ0) is 11.7. The molecule has 82 valence electrons. The van der Waals surface area contributed by atoms with Crippen molar-refractivity contribution in [2.45, 2.75) is 0 Å². The first kappa shape index (κ1) is 13.6. The maximum atomic E-state index is 11.0. The summed E-state index contributed by atoms with van der Waals surface area (Å²) in [4.78, 5) is 22.0. The van der Waals surface area contributed by atoms with E-state index in [0.29, 0.717) is 5.39 Å². The monoisotopic (exact) mass is 418 g/mol. The van der Waals surface area contributed by atoms with Crippen molar-refractivity contribution in [3.8, 4) is 0 Å². The van der Waals surface area contributed by atoms with E-state index in [4.69, 9.17) is 10.2 Å². The quantitative estimate of drug-likeness (QED) is 0.736. The van der Waals surface area contributed by atoms with E-state index >= 15 is 0 Å². The van der Waals surface area contributed by atoms with Crippen molar-refractivity contribution in [1.29, 1.82) is 0 Å². The van der Waals surface area contributed by atoms with Crippen LogP contribution in [0.15, 0.2) is 36.4 Å². The summed E-state index contributed by atoms with van der Waals surface area (Å²) in [5, 5.41) is 18.9. The third kappa shape index (κ3) is 2.47. The SMILES string of the molecule is O=C(O)c1cccc2cccc(C(=O)O)c12.[Hg]. The van der Waals surface area contributed by atoms with E-state index in [2.05, 4.69) is 0 Å². The van der Waals surface area contributed by atoms with Crippen molar-refractivity contribution in [2.24, 2.45) is 0 Å². The predicted octanol–water partition coefficient (Wildman–Crippen LogP) is 2.23. The van der Waals surface area contributed by atoms with Gasteiger partial charge in [0.2, 0.25) is 0 Å². The van der Waals surface area contributed by atoms with Crippen LogP contribution in [0.5, 0.6) is 0 Å². The van der Waals surface area contributed by atoms with Crippen LogP contribution in [0.2, 0.25) is 0 Å². The zero-order valence-corrected chi connectivity index (χ0v) is 14.4. The molecule has 2 N–H and O–H groups in total. The summed E-state index contributed by atoms with van der Waals surface area (Å²) in [7, 11) is 0. The van der Waals surface area contributed by atoms with E-state index in [1.807, 2.05) is 0 Å². The molecule has 0 aliphatic carbocycles. The van der Waals surface area contributed by atoms with Crippen molar-refractivity contribution >= 4 is 22.7 Å². The Labute approximate surface area is 117 Å². The zero-order valence-electron chi connectivity index (χ0n) is 8.88. The molecular formula is C12H8HgO4. The van der Waals surface area contributed by atoms with Gasteiger partial charge in [0.15, 0.2) is 0 Å². The maximum Gasteiger partial charge on any atom is 0.336 e. The van der Waals surface area contributed by atoms with Gasteiger partial charge >= 0.3 is 11.9 Å². The van der Waals surface area contributed by atoms with Crippen LogP contribution >= 0.6 is 0 Å². The molecule has 0 unspecified atom stereocenters. The average molecular weight is 417 g/mol. The fourth-order valence-corrected chi connectivity index (χ4v) is 1.70. The normalized spacial score (nSPS) is 9.65. The molecule has 0 saturated heterocycles. The summed E-state index contributed by atoms with van der Waals surface area (Å²) in [6.07, 6.45) is 0. The van der Waals surface area contributed by atoms with Crippen molar-refractivity contribution in [3.05, 3.63) is 47.5 Å². The van der Waals surface area contributed by atoms with Gasteiger partial charge < -0.3 is 10.2 Å². The molecule has 0 bridgehead atoms. The Morgan fingerprint density at radius 2 is 1.24 bits per heavy atom. The third-order valence-electron chi connectivity index (χ3n) is 2.37. The molecule has 5 heteroatoms. The number of hydrogen-bond acceptors (Lipinski definition) is 2. The van der Waals surface area contributed by atoms with Crippen LogP contribution in [0.1, 0.15) is 20.7 Å². The second kappa shape index (κ2) is 5.27. The summed E-state index contributed by atoms with van der Waals surface area (Å²) in [6, 6.07) is 9.37. The summed E-state index contributed by atoms with van der Waals surface area (Å²) < 4.78 is 0. The van der Waals surface area contributed by atoms with E-state index in [1.165, 1.54) is 12.1 Å². The molecule has 0 radical (unpaired) electrons. The van der Waals surface area contributed by atoms with Crippen LogP contribution in [0, 0.1) is 0 Å². The minimum absolute atomic E-state index is 0. The van der Waals surface area contributed by atoms with E-state index in [0.717, 1.165) is 0 Å². The second-order valence-corrected chi connectivity index (χ2v) is 3.32. The van der Waals surface area contributed by atoms with E-state index in [-0.39, 0.29) is 44.2 Å². The fraction of sp³-hybridized carbons (Fsp3) is 0. The first-order valence-electron chi connectivity index (χ1n) is 4.59. The van der Waals surface area contributed by atoms with E-state index in [1.54, 1.807) is 24.3 Å². The van der Waals surface area contributed by atoms with Gasteiger partial charge in [-0.15, -0.1) is 0 Å². The molecule has 0 aliphatic rings. The number of carboxylic acids is 2. The summed E-state index contributed by atoms with van der Waals surface area (Å²) >= 11 is 0. The molecule has 0 spiro atoms. The molecule has 2 aromatic rings. The predicted molar refractivity (Wildman–Crippen MR) is 57.9 cm³/mol. The Morgan fingerprint density at radius 1 is 0.824 bits per heavy atom. The number of aromatic carboxylic acids is 2. The average Bonchev–Trinajstić information content (AvgIpc) is 2.27. The van der Waals surface area contributed by atoms with Gasteiger partial charge in [0.25, 0.3) is 0 Å². The van der Waals surface area contributed by atoms with Gasteiger partial charge in [-0.3, -0.25) is 0 Å². The fourth-order valence-electron chi connectivity index (χ4n) is 1.70. The van der Waals surface area contributed by atoms with Gasteiger partial charge in [0.05, 0.1) is 11.1 Å². The van der Waals surface area contributed by atoms with Gasteiger partial charge in [0, 0.05) is 33.1 Å². The third-order valence-corrected chi connectivity index (χ3v) is 2.37. The summed E-state index contributed by atoms with van der Waals surface area (Å²) in [5.41, 5.74) is 0.0194. The molecule has 0 fully saturated rings. The van der Waals surface area contributed by atoms with E-state index in [9.17, 15) is 9.59 Å². The minimum atomic E-state index is -1.13. The van der Waals surface area contributed by atoms with Gasteiger partial charge in [-0.2, -0.15) is 0 Å². The van der Waals surface area contributed by atoms with Crippen LogP contribution < -0.4 is 0 Å². The second-order valence-electron chi connectivity index (χ2n) is 3.32. The van der Waals surface area contributed by atoms with Crippen LogP contribution in [0.3, 0.4) is 0 Å². The number of hydrogen-bond donors (Lipinski definition) is 2. The first-order chi connectivity index (χ1) is 7.61. The number of benzene rings is 2. The number of carboxylic acid groups (broad SMARTS) is 2. The molecule has 4 nitrogen and oxygen atoms in total. The molecule has 17 heavy (non-hydrogen) atoms. The van der Waals surface area contributed by atoms with Crippen molar-refractivity contribution in [2.75, 3.05) is 0 Å². The molecule has 0 amide bonds. The molecule has 0 saturated carbocycles. The van der Waals surface area contributed by atoms with E-state index < -0.39 is 11.9 Å². The summed E-state index contributed by atoms with van der Waals surface area (Å²) in [5.74, 6) is -2.25. The van der Waals surface area contributed by atoms with Gasteiger partial charge in [-0.25, -0.2) is 9.59 Å². The number of rotatable bonds is 2. The van der Waals surface area contributed by atoms with Crippen LogP contribution in [-0.2, 0) is 27.7 Å². The minimum Gasteiger partial charge on any atom is -0.478 e. The molecule has 2 aromatic carbocycles. The number of carbonyl (C=O) groups is 2. The van der Waals surface area contributed by atoms with Crippen LogP contribution in [0.4, 0.5) is 0 Å². The topological polar surface area (TPSA) is 74.6 Å². The molecule has 0 aliphatic heterocycles.